The van der Waals surface area contributed by atoms with Gasteiger partial charge in [0, 0.05) is 43.0 Å². The first kappa shape index (κ1) is 20.9. The zero-order valence-electron chi connectivity index (χ0n) is 16.2. The molecule has 5 nitrogen and oxygen atoms in total. The number of amides is 2. The lowest BCUT2D eigenvalue weighted by molar-refractivity contribution is -0.117. The van der Waals surface area contributed by atoms with Crippen molar-refractivity contribution in [2.75, 3.05) is 26.0 Å². The van der Waals surface area contributed by atoms with E-state index in [1.807, 2.05) is 24.3 Å². The van der Waals surface area contributed by atoms with Crippen molar-refractivity contribution < 1.29 is 9.59 Å². The summed E-state index contributed by atoms with van der Waals surface area (Å²) >= 11 is 6.05. The van der Waals surface area contributed by atoms with Gasteiger partial charge in [-0.2, -0.15) is 0 Å². The van der Waals surface area contributed by atoms with Crippen molar-refractivity contribution in [3.63, 3.8) is 0 Å². The Morgan fingerprint density at radius 2 is 1.74 bits per heavy atom. The lowest BCUT2D eigenvalue weighted by atomic mass is 10.1. The predicted molar refractivity (Wildman–Crippen MR) is 110 cm³/mol. The van der Waals surface area contributed by atoms with Crippen LogP contribution < -0.4 is 5.32 Å². The number of hydrogen-bond acceptors (Lipinski definition) is 3. The third kappa shape index (κ3) is 6.38. The SMILES string of the molecule is CC(C)N(CC(=O)Nc1ccc(C(=O)N(C)C)cc1)Cc1cccc(Cl)c1. The molecule has 0 aliphatic heterocycles. The van der Waals surface area contributed by atoms with E-state index in [1.54, 1.807) is 38.4 Å². The predicted octanol–water partition coefficient (Wildman–Crippen LogP) is 3.89. The molecule has 0 aliphatic carbocycles. The monoisotopic (exact) mass is 387 g/mol. The highest BCUT2D eigenvalue weighted by molar-refractivity contribution is 6.30. The first-order chi connectivity index (χ1) is 12.8. The number of benzene rings is 2. The van der Waals surface area contributed by atoms with Crippen molar-refractivity contribution in [2.45, 2.75) is 26.4 Å². The normalized spacial score (nSPS) is 10.9. The van der Waals surface area contributed by atoms with Crippen LogP contribution >= 0.6 is 11.6 Å². The van der Waals surface area contributed by atoms with Gasteiger partial charge >= 0.3 is 0 Å². The van der Waals surface area contributed by atoms with Crippen LogP contribution in [-0.4, -0.2) is 48.3 Å². The maximum Gasteiger partial charge on any atom is 0.253 e. The van der Waals surface area contributed by atoms with Crippen LogP contribution in [0.15, 0.2) is 48.5 Å². The molecular weight excluding hydrogens is 362 g/mol. The van der Waals surface area contributed by atoms with Gasteiger partial charge in [-0.1, -0.05) is 23.7 Å². The van der Waals surface area contributed by atoms with Crippen LogP contribution in [0.2, 0.25) is 5.02 Å². The number of nitrogens with zero attached hydrogens (tertiary/aromatic N) is 2. The molecule has 2 aromatic rings. The molecule has 1 N–H and O–H groups in total. The van der Waals surface area contributed by atoms with Crippen LogP contribution in [0, 0.1) is 0 Å². The molecule has 6 heteroatoms. The minimum absolute atomic E-state index is 0.0691. The topological polar surface area (TPSA) is 52.7 Å². The third-order valence-electron chi connectivity index (χ3n) is 4.17. The molecular formula is C21H26ClN3O2. The molecule has 0 aromatic heterocycles. The fourth-order valence-corrected chi connectivity index (χ4v) is 2.84. The largest absolute Gasteiger partial charge is 0.345 e. The lowest BCUT2D eigenvalue weighted by Gasteiger charge is -2.26. The molecule has 0 spiro atoms. The Morgan fingerprint density at radius 1 is 1.07 bits per heavy atom. The van der Waals surface area contributed by atoms with Gasteiger partial charge in [0.05, 0.1) is 6.54 Å². The molecule has 27 heavy (non-hydrogen) atoms. The Hall–Kier alpha value is -2.37. The van der Waals surface area contributed by atoms with E-state index in [0.29, 0.717) is 22.8 Å². The smallest absolute Gasteiger partial charge is 0.253 e. The summed E-state index contributed by atoms with van der Waals surface area (Å²) in [7, 11) is 3.41. The van der Waals surface area contributed by atoms with Crippen LogP contribution in [-0.2, 0) is 11.3 Å². The minimum atomic E-state index is -0.0996. The summed E-state index contributed by atoms with van der Waals surface area (Å²) in [5, 5.41) is 3.58. The van der Waals surface area contributed by atoms with E-state index < -0.39 is 0 Å². The quantitative estimate of drug-likeness (QED) is 0.784. The zero-order valence-corrected chi connectivity index (χ0v) is 17.0. The van der Waals surface area contributed by atoms with Gasteiger partial charge in [-0.15, -0.1) is 0 Å². The van der Waals surface area contributed by atoms with Crippen LogP contribution in [0.1, 0.15) is 29.8 Å². The summed E-state index contributed by atoms with van der Waals surface area (Å²) in [4.78, 5) is 28.0. The minimum Gasteiger partial charge on any atom is -0.345 e. The van der Waals surface area contributed by atoms with Gasteiger partial charge in [0.15, 0.2) is 0 Å². The van der Waals surface area contributed by atoms with E-state index in [0.717, 1.165) is 5.56 Å². The van der Waals surface area contributed by atoms with E-state index in [9.17, 15) is 9.59 Å². The van der Waals surface area contributed by atoms with E-state index in [4.69, 9.17) is 11.6 Å². The summed E-state index contributed by atoms with van der Waals surface area (Å²) < 4.78 is 0. The molecule has 0 fully saturated rings. The van der Waals surface area contributed by atoms with Gasteiger partial charge in [0.2, 0.25) is 5.91 Å². The Labute approximate surface area is 165 Å². The third-order valence-corrected chi connectivity index (χ3v) is 4.41. The average molecular weight is 388 g/mol. The molecule has 0 aliphatic rings. The van der Waals surface area contributed by atoms with E-state index in [1.165, 1.54) is 4.90 Å². The van der Waals surface area contributed by atoms with Gasteiger partial charge in [0.1, 0.15) is 0 Å². The molecule has 0 radical (unpaired) electrons. The Kier molecular flexibility index (Phi) is 7.39. The summed E-state index contributed by atoms with van der Waals surface area (Å²) in [5.74, 6) is -0.169. The first-order valence-electron chi connectivity index (χ1n) is 8.86. The van der Waals surface area contributed by atoms with Crippen molar-refractivity contribution in [1.82, 2.24) is 9.80 Å². The van der Waals surface area contributed by atoms with E-state index in [2.05, 4.69) is 24.1 Å². The maximum atomic E-state index is 12.5. The van der Waals surface area contributed by atoms with Crippen LogP contribution in [0.25, 0.3) is 0 Å². The van der Waals surface area contributed by atoms with Crippen LogP contribution in [0.5, 0.6) is 0 Å². The van der Waals surface area contributed by atoms with E-state index in [-0.39, 0.29) is 24.4 Å². The molecule has 0 unspecified atom stereocenters. The number of nitrogens with one attached hydrogen (secondary N) is 1. The number of halogens is 1. The highest BCUT2D eigenvalue weighted by atomic mass is 35.5. The fraction of sp³-hybridized carbons (Fsp3) is 0.333. The van der Waals surface area contributed by atoms with Crippen molar-refractivity contribution >= 4 is 29.1 Å². The van der Waals surface area contributed by atoms with Gasteiger partial charge in [-0.3, -0.25) is 14.5 Å². The molecule has 144 valence electrons. The average Bonchev–Trinajstić information content (AvgIpc) is 2.61. The van der Waals surface area contributed by atoms with Crippen LogP contribution in [0.3, 0.4) is 0 Å². The molecule has 0 saturated carbocycles. The fourth-order valence-electron chi connectivity index (χ4n) is 2.63. The van der Waals surface area contributed by atoms with E-state index >= 15 is 0 Å². The van der Waals surface area contributed by atoms with Crippen molar-refractivity contribution in [3.8, 4) is 0 Å². The molecule has 2 rings (SSSR count). The molecule has 2 amide bonds. The molecule has 2 aromatic carbocycles. The van der Waals surface area contributed by atoms with Crippen molar-refractivity contribution in [3.05, 3.63) is 64.7 Å². The standard InChI is InChI=1S/C21H26ClN3O2/c1-15(2)25(13-16-6-5-7-18(22)12-16)14-20(26)23-19-10-8-17(9-11-19)21(27)24(3)4/h5-12,15H,13-14H2,1-4H3,(H,23,26). The summed E-state index contributed by atoms with van der Waals surface area (Å²) in [6.07, 6.45) is 0. The highest BCUT2D eigenvalue weighted by Crippen LogP contribution is 2.15. The second-order valence-corrected chi connectivity index (χ2v) is 7.39. The number of carbonyl (C=O) groups excluding carboxylic acids is 2. The van der Waals surface area contributed by atoms with Gasteiger partial charge in [-0.05, 0) is 55.8 Å². The summed E-state index contributed by atoms with van der Waals surface area (Å²) in [6, 6.07) is 14.8. The Morgan fingerprint density at radius 3 is 2.30 bits per heavy atom. The highest BCUT2D eigenvalue weighted by Gasteiger charge is 2.15. The number of carbonyl (C=O) groups is 2. The Bertz CT molecular complexity index is 788. The molecule has 0 atom stereocenters. The zero-order chi connectivity index (χ0) is 20.0. The number of rotatable bonds is 7. The summed E-state index contributed by atoms with van der Waals surface area (Å²) in [6.45, 7) is 5.02. The lowest BCUT2D eigenvalue weighted by Crippen LogP contribution is -2.37. The maximum absolute atomic E-state index is 12.5. The second-order valence-electron chi connectivity index (χ2n) is 6.95. The van der Waals surface area contributed by atoms with Crippen molar-refractivity contribution in [1.29, 1.82) is 0 Å². The van der Waals surface area contributed by atoms with Crippen LogP contribution in [0.4, 0.5) is 5.69 Å². The molecule has 0 heterocycles. The Balaban J connectivity index is 1.98. The van der Waals surface area contributed by atoms with Gasteiger partial charge < -0.3 is 10.2 Å². The molecule has 0 saturated heterocycles. The number of anilines is 1. The number of hydrogen-bond donors (Lipinski definition) is 1. The first-order valence-corrected chi connectivity index (χ1v) is 9.24. The second kappa shape index (κ2) is 9.53. The molecule has 0 bridgehead atoms. The van der Waals surface area contributed by atoms with Gasteiger partial charge in [0.25, 0.3) is 5.91 Å². The van der Waals surface area contributed by atoms with Crippen molar-refractivity contribution in [2.24, 2.45) is 0 Å². The summed E-state index contributed by atoms with van der Waals surface area (Å²) in [5.41, 5.74) is 2.32. The van der Waals surface area contributed by atoms with Gasteiger partial charge in [-0.25, -0.2) is 0 Å².